The molecule has 0 aromatic rings. The Kier molecular flexibility index (Phi) is 6.01. The number of carbonyl (C=O) groups excluding carboxylic acids is 1. The average molecular weight is 293 g/mol. The molecule has 0 aliphatic carbocycles. The topological polar surface area (TPSA) is 76.1 Å². The molecule has 0 aromatic heterocycles. The molecule has 0 fully saturated rings. The predicted molar refractivity (Wildman–Crippen MR) is 73.8 cm³/mol. The third-order valence-electron chi connectivity index (χ3n) is 1.85. The van der Waals surface area contributed by atoms with Crippen molar-refractivity contribution < 1.29 is 24.4 Å². The van der Waals surface area contributed by atoms with Gasteiger partial charge in [0.1, 0.15) is 0 Å². The molecule has 0 heterocycles. The minimum Gasteiger partial charge on any atom is -0.479 e. The quantitative estimate of drug-likeness (QED) is 0.336. The van der Waals surface area contributed by atoms with Gasteiger partial charge >= 0.3 is 5.97 Å². The van der Waals surface area contributed by atoms with Crippen LogP contribution in [0, 0.1) is 0 Å². The number of hydrogen-bond donors (Lipinski definition) is 2. The van der Waals surface area contributed by atoms with E-state index in [0.29, 0.717) is 0 Å². The van der Waals surface area contributed by atoms with Gasteiger partial charge in [0, 0.05) is 5.75 Å². The molecule has 1 atom stereocenters. The van der Waals surface area contributed by atoms with Crippen LogP contribution in [-0.4, -0.2) is 45.1 Å². The van der Waals surface area contributed by atoms with Gasteiger partial charge in [0.2, 0.25) is 5.54 Å². The number of thiol groups is 1. The van der Waals surface area contributed by atoms with Crippen molar-refractivity contribution in [3.05, 3.63) is 0 Å². The first kappa shape index (κ1) is 18.4. The molecular weight excluding hydrogens is 270 g/mol. The summed E-state index contributed by atoms with van der Waals surface area (Å²) in [5, 5.41) is 10.1. The Balaban J connectivity index is 5.53. The van der Waals surface area contributed by atoms with Crippen LogP contribution >= 0.6 is 12.6 Å². The van der Waals surface area contributed by atoms with Gasteiger partial charge in [-0.2, -0.15) is 12.6 Å². The lowest BCUT2D eigenvalue weighted by Crippen LogP contribution is -2.60. The predicted octanol–water partition coefficient (Wildman–Crippen LogP) is 1.70. The van der Waals surface area contributed by atoms with Crippen LogP contribution in [0.25, 0.3) is 0 Å². The molecule has 0 aromatic carbocycles. The average Bonchev–Trinajstić information content (AvgIpc) is 2.14. The van der Waals surface area contributed by atoms with Gasteiger partial charge in [0.15, 0.2) is 6.29 Å². The SMILES string of the molecule is CC(C)(C)ON(OC(C)(C)C)[C@@](C=O)(CS)C(=O)O. The van der Waals surface area contributed by atoms with Crippen molar-refractivity contribution in [1.29, 1.82) is 0 Å². The first-order valence-corrected chi connectivity index (χ1v) is 6.50. The smallest absolute Gasteiger partial charge is 0.337 e. The van der Waals surface area contributed by atoms with Crippen LogP contribution in [0.2, 0.25) is 0 Å². The molecule has 0 rings (SSSR count). The Hall–Kier alpha value is -0.630. The van der Waals surface area contributed by atoms with E-state index >= 15 is 0 Å². The highest BCUT2D eigenvalue weighted by Crippen LogP contribution is 2.25. The van der Waals surface area contributed by atoms with Gasteiger partial charge in [0.05, 0.1) is 11.2 Å². The van der Waals surface area contributed by atoms with E-state index < -0.39 is 22.7 Å². The van der Waals surface area contributed by atoms with Gasteiger partial charge in [-0.05, 0) is 46.8 Å². The lowest BCUT2D eigenvalue weighted by Gasteiger charge is -2.40. The number of carboxylic acid groups (broad SMARTS) is 1. The molecule has 112 valence electrons. The third-order valence-corrected chi connectivity index (χ3v) is 2.33. The van der Waals surface area contributed by atoms with E-state index in [0.717, 1.165) is 5.23 Å². The molecule has 0 spiro atoms. The van der Waals surface area contributed by atoms with Gasteiger partial charge in [0.25, 0.3) is 0 Å². The molecule has 0 amide bonds. The maximum Gasteiger partial charge on any atom is 0.337 e. The highest BCUT2D eigenvalue weighted by atomic mass is 32.1. The molecule has 0 radical (unpaired) electrons. The van der Waals surface area contributed by atoms with Crippen molar-refractivity contribution >= 4 is 24.9 Å². The molecule has 6 nitrogen and oxygen atoms in total. The number of rotatable bonds is 6. The van der Waals surface area contributed by atoms with Crippen LogP contribution < -0.4 is 0 Å². The summed E-state index contributed by atoms with van der Waals surface area (Å²) in [4.78, 5) is 33.6. The number of hydrogen-bond acceptors (Lipinski definition) is 6. The maximum absolute atomic E-state index is 11.4. The van der Waals surface area contributed by atoms with Crippen LogP contribution in [0.5, 0.6) is 0 Å². The number of nitrogens with zero attached hydrogens (tertiary/aromatic N) is 1. The minimum atomic E-state index is -2.00. The van der Waals surface area contributed by atoms with E-state index in [2.05, 4.69) is 12.6 Å². The zero-order chi connectivity index (χ0) is 15.5. The van der Waals surface area contributed by atoms with Crippen molar-refractivity contribution in [3.63, 3.8) is 0 Å². The summed E-state index contributed by atoms with van der Waals surface area (Å²) < 4.78 is 0. The molecule has 0 saturated carbocycles. The van der Waals surface area contributed by atoms with Crippen LogP contribution in [0.1, 0.15) is 41.5 Å². The van der Waals surface area contributed by atoms with E-state index in [-0.39, 0.29) is 12.0 Å². The normalized spacial score (nSPS) is 16.2. The van der Waals surface area contributed by atoms with Crippen LogP contribution in [0.3, 0.4) is 0 Å². The summed E-state index contributed by atoms with van der Waals surface area (Å²) in [6.45, 7) is 10.3. The Bertz CT molecular complexity index is 318. The summed E-state index contributed by atoms with van der Waals surface area (Å²) in [5.74, 6) is -1.66. The fourth-order valence-corrected chi connectivity index (χ4v) is 1.34. The number of hydroxylamine groups is 2. The Morgan fingerprint density at radius 3 is 1.68 bits per heavy atom. The highest BCUT2D eigenvalue weighted by Gasteiger charge is 2.49. The largest absolute Gasteiger partial charge is 0.479 e. The second-order valence-corrected chi connectivity index (χ2v) is 6.49. The van der Waals surface area contributed by atoms with Gasteiger partial charge in [-0.15, -0.1) is 0 Å². The first-order valence-electron chi connectivity index (χ1n) is 5.87. The fourth-order valence-electron chi connectivity index (χ4n) is 1.01. The van der Waals surface area contributed by atoms with Gasteiger partial charge in [-0.3, -0.25) is 9.68 Å². The second-order valence-electron chi connectivity index (χ2n) is 6.17. The van der Waals surface area contributed by atoms with Crippen molar-refractivity contribution in [2.24, 2.45) is 0 Å². The van der Waals surface area contributed by atoms with Gasteiger partial charge in [-0.1, -0.05) is 0 Å². The molecular formula is C12H23NO5S. The summed E-state index contributed by atoms with van der Waals surface area (Å²) in [7, 11) is 0. The molecule has 0 aliphatic heterocycles. The molecule has 7 heteroatoms. The molecule has 1 N–H and O–H groups in total. The summed E-state index contributed by atoms with van der Waals surface area (Å²) in [6, 6.07) is 0. The fraction of sp³-hybridized carbons (Fsp3) is 0.833. The van der Waals surface area contributed by atoms with E-state index in [1.165, 1.54) is 0 Å². The van der Waals surface area contributed by atoms with Crippen molar-refractivity contribution in [1.82, 2.24) is 5.23 Å². The zero-order valence-corrected chi connectivity index (χ0v) is 13.2. The highest BCUT2D eigenvalue weighted by molar-refractivity contribution is 7.80. The summed E-state index contributed by atoms with van der Waals surface area (Å²) in [5.41, 5.74) is -3.44. The lowest BCUT2D eigenvalue weighted by atomic mass is 10.1. The molecule has 0 bridgehead atoms. The second kappa shape index (κ2) is 6.21. The van der Waals surface area contributed by atoms with Gasteiger partial charge < -0.3 is 9.90 Å². The zero-order valence-electron chi connectivity index (χ0n) is 12.3. The summed E-state index contributed by atoms with van der Waals surface area (Å²) in [6.07, 6.45) is 0.264. The number of carbonyl (C=O) groups is 2. The Morgan fingerprint density at radius 2 is 1.53 bits per heavy atom. The van der Waals surface area contributed by atoms with Crippen LogP contribution in [-0.2, 0) is 19.3 Å². The van der Waals surface area contributed by atoms with E-state index in [4.69, 9.17) is 9.68 Å². The van der Waals surface area contributed by atoms with Crippen molar-refractivity contribution in [2.75, 3.05) is 5.75 Å². The molecule has 19 heavy (non-hydrogen) atoms. The first-order chi connectivity index (χ1) is 8.38. The van der Waals surface area contributed by atoms with E-state index in [9.17, 15) is 14.7 Å². The molecule has 0 aliphatic rings. The number of carboxylic acids is 1. The van der Waals surface area contributed by atoms with Crippen molar-refractivity contribution in [2.45, 2.75) is 58.3 Å². The van der Waals surface area contributed by atoms with Crippen LogP contribution in [0.4, 0.5) is 0 Å². The molecule has 0 saturated heterocycles. The maximum atomic E-state index is 11.4. The number of aldehydes is 1. The Labute approximate surface area is 119 Å². The van der Waals surface area contributed by atoms with E-state index in [1.807, 2.05) is 0 Å². The number of aliphatic carboxylic acids is 1. The molecule has 0 unspecified atom stereocenters. The van der Waals surface area contributed by atoms with E-state index in [1.54, 1.807) is 41.5 Å². The van der Waals surface area contributed by atoms with Crippen LogP contribution in [0.15, 0.2) is 0 Å². The van der Waals surface area contributed by atoms with Crippen molar-refractivity contribution in [3.8, 4) is 0 Å². The summed E-state index contributed by atoms with van der Waals surface area (Å²) >= 11 is 3.95. The standard InChI is InChI=1S/C12H23NO5S/c1-10(2,3)17-13(18-11(4,5)6)12(7-14,8-19)9(15)16/h7,19H,8H2,1-6H3,(H,15,16)/t12-/m0/s1. The minimum absolute atomic E-state index is 0.264. The van der Waals surface area contributed by atoms with Gasteiger partial charge in [-0.25, -0.2) is 4.79 Å². The lowest BCUT2D eigenvalue weighted by molar-refractivity contribution is -0.449. The third kappa shape index (κ3) is 5.48. The Morgan fingerprint density at radius 1 is 1.16 bits per heavy atom. The monoisotopic (exact) mass is 293 g/mol.